The van der Waals surface area contributed by atoms with Crippen LogP contribution in [0.1, 0.15) is 5.69 Å². The van der Waals surface area contributed by atoms with Crippen molar-refractivity contribution in [3.63, 3.8) is 0 Å². The zero-order valence-corrected chi connectivity index (χ0v) is 10.6. The molecule has 0 spiro atoms. The molecule has 0 aliphatic carbocycles. The molecule has 0 amide bonds. The molecule has 0 N–H and O–H groups in total. The molecule has 0 fully saturated rings. The van der Waals surface area contributed by atoms with Crippen LogP contribution in [0.3, 0.4) is 0 Å². The Morgan fingerprint density at radius 2 is 1.82 bits per heavy atom. The van der Waals surface area contributed by atoms with Crippen LogP contribution >= 0.6 is 15.9 Å². The number of nitrogens with zero attached hydrogens (tertiary/aromatic N) is 2. The summed E-state index contributed by atoms with van der Waals surface area (Å²) in [5, 5.41) is 4.07. The maximum atomic E-state index is 13.6. The Morgan fingerprint density at radius 1 is 1.18 bits per heavy atom. The lowest BCUT2D eigenvalue weighted by molar-refractivity contribution is 0.448. The molecule has 2 aromatic rings. The number of halogens is 4. The highest BCUT2D eigenvalue weighted by Crippen LogP contribution is 2.33. The van der Waals surface area contributed by atoms with Crippen molar-refractivity contribution in [2.75, 3.05) is 0 Å². The zero-order chi connectivity index (χ0) is 12.7. The van der Waals surface area contributed by atoms with E-state index in [1.54, 1.807) is 14.0 Å². The maximum Gasteiger partial charge on any atom is 0.195 e. The van der Waals surface area contributed by atoms with Gasteiger partial charge in [-0.05, 0) is 35.0 Å². The van der Waals surface area contributed by atoms with E-state index < -0.39 is 17.5 Å². The summed E-state index contributed by atoms with van der Waals surface area (Å²) >= 11 is 3.25. The second-order valence-electron chi connectivity index (χ2n) is 3.59. The Hall–Kier alpha value is -1.30. The van der Waals surface area contributed by atoms with E-state index in [-0.39, 0.29) is 5.56 Å². The fourth-order valence-corrected chi connectivity index (χ4v) is 2.18. The topological polar surface area (TPSA) is 17.8 Å². The number of aryl methyl sites for hydroxylation is 2. The van der Waals surface area contributed by atoms with Gasteiger partial charge in [0.25, 0.3) is 0 Å². The first kappa shape index (κ1) is 12.2. The van der Waals surface area contributed by atoms with Crippen LogP contribution in [0.25, 0.3) is 11.3 Å². The van der Waals surface area contributed by atoms with Crippen molar-refractivity contribution in [2.45, 2.75) is 6.92 Å². The number of hydrogen-bond acceptors (Lipinski definition) is 1. The lowest BCUT2D eigenvalue weighted by Crippen LogP contribution is -1.99. The molecule has 0 aliphatic rings. The predicted octanol–water partition coefficient (Wildman–Crippen LogP) is 3.58. The quantitative estimate of drug-likeness (QED) is 0.736. The highest BCUT2D eigenvalue weighted by molar-refractivity contribution is 9.10. The Bertz CT molecular complexity index is 593. The van der Waals surface area contributed by atoms with Gasteiger partial charge in [-0.15, -0.1) is 0 Å². The third-order valence-electron chi connectivity index (χ3n) is 2.44. The first-order valence-corrected chi connectivity index (χ1v) is 5.55. The maximum absolute atomic E-state index is 13.6. The van der Waals surface area contributed by atoms with Crippen molar-refractivity contribution in [3.05, 3.63) is 39.8 Å². The molecule has 90 valence electrons. The molecule has 0 saturated heterocycles. The number of benzene rings is 1. The Morgan fingerprint density at radius 3 is 2.35 bits per heavy atom. The molecular formula is C11H8BrF3N2. The minimum Gasteiger partial charge on any atom is -0.266 e. The summed E-state index contributed by atoms with van der Waals surface area (Å²) in [5.41, 5.74) is 0.990. The number of hydrogen-bond donors (Lipinski definition) is 0. The van der Waals surface area contributed by atoms with Crippen LogP contribution in [-0.4, -0.2) is 9.78 Å². The Kier molecular flexibility index (Phi) is 2.99. The highest BCUT2D eigenvalue weighted by atomic mass is 79.9. The van der Waals surface area contributed by atoms with Crippen LogP contribution in [-0.2, 0) is 7.05 Å². The highest BCUT2D eigenvalue weighted by Gasteiger charge is 2.20. The van der Waals surface area contributed by atoms with Crippen LogP contribution in [0.15, 0.2) is 16.6 Å². The normalized spacial score (nSPS) is 10.9. The van der Waals surface area contributed by atoms with Crippen molar-refractivity contribution in [1.82, 2.24) is 9.78 Å². The molecule has 2 nitrogen and oxygen atoms in total. The van der Waals surface area contributed by atoms with E-state index in [9.17, 15) is 13.2 Å². The third-order valence-corrected chi connectivity index (χ3v) is 3.39. The van der Waals surface area contributed by atoms with Crippen LogP contribution < -0.4 is 0 Å². The first-order valence-electron chi connectivity index (χ1n) is 4.76. The monoisotopic (exact) mass is 304 g/mol. The number of rotatable bonds is 1. The van der Waals surface area contributed by atoms with Crippen LogP contribution in [0, 0.1) is 24.4 Å². The Balaban J connectivity index is 2.73. The Labute approximate surface area is 104 Å². The predicted molar refractivity (Wildman–Crippen MR) is 61.0 cm³/mol. The van der Waals surface area contributed by atoms with Crippen LogP contribution in [0.2, 0.25) is 0 Å². The van der Waals surface area contributed by atoms with Gasteiger partial charge in [-0.25, -0.2) is 13.2 Å². The van der Waals surface area contributed by atoms with Crippen molar-refractivity contribution < 1.29 is 13.2 Å². The van der Waals surface area contributed by atoms with Gasteiger partial charge in [0.15, 0.2) is 17.5 Å². The van der Waals surface area contributed by atoms with Crippen LogP contribution in [0.4, 0.5) is 13.2 Å². The van der Waals surface area contributed by atoms with Gasteiger partial charge in [-0.3, -0.25) is 4.68 Å². The van der Waals surface area contributed by atoms with Gasteiger partial charge < -0.3 is 0 Å². The van der Waals surface area contributed by atoms with E-state index in [2.05, 4.69) is 21.0 Å². The summed E-state index contributed by atoms with van der Waals surface area (Å²) < 4.78 is 41.6. The van der Waals surface area contributed by atoms with E-state index in [0.29, 0.717) is 15.9 Å². The van der Waals surface area contributed by atoms with Gasteiger partial charge in [-0.1, -0.05) is 0 Å². The summed E-state index contributed by atoms with van der Waals surface area (Å²) in [5.74, 6) is -3.90. The third kappa shape index (κ3) is 1.86. The fraction of sp³-hybridized carbons (Fsp3) is 0.182. The molecule has 0 saturated carbocycles. The number of aromatic nitrogens is 2. The second kappa shape index (κ2) is 4.18. The molecule has 0 bridgehead atoms. The van der Waals surface area contributed by atoms with Gasteiger partial charge >= 0.3 is 0 Å². The van der Waals surface area contributed by atoms with E-state index in [1.165, 1.54) is 10.7 Å². The van der Waals surface area contributed by atoms with Gasteiger partial charge in [0.2, 0.25) is 0 Å². The van der Waals surface area contributed by atoms with Crippen molar-refractivity contribution >= 4 is 15.9 Å². The molecule has 0 atom stereocenters. The van der Waals surface area contributed by atoms with Crippen LogP contribution in [0.5, 0.6) is 0 Å². The van der Waals surface area contributed by atoms with Crippen molar-refractivity contribution in [1.29, 1.82) is 0 Å². The first-order chi connectivity index (χ1) is 7.93. The van der Waals surface area contributed by atoms with E-state index in [4.69, 9.17) is 0 Å². The standard InChI is InChI=1S/C11H8BrF3N2/c1-5-8(12)11(17(2)16-5)6-3-4-7(13)10(15)9(6)14/h3-4H,1-2H3. The molecule has 0 aliphatic heterocycles. The van der Waals surface area contributed by atoms with Gasteiger partial charge in [-0.2, -0.15) is 5.10 Å². The lowest BCUT2D eigenvalue weighted by Gasteiger charge is -2.06. The molecule has 1 aromatic carbocycles. The molecular weight excluding hydrogens is 297 g/mol. The molecule has 1 aromatic heterocycles. The second-order valence-corrected chi connectivity index (χ2v) is 4.39. The van der Waals surface area contributed by atoms with E-state index in [0.717, 1.165) is 6.07 Å². The SMILES string of the molecule is Cc1nn(C)c(-c2ccc(F)c(F)c2F)c1Br. The summed E-state index contributed by atoms with van der Waals surface area (Å²) in [4.78, 5) is 0. The molecule has 1 heterocycles. The lowest BCUT2D eigenvalue weighted by atomic mass is 10.1. The minimum atomic E-state index is -1.48. The summed E-state index contributed by atoms with van der Waals surface area (Å²) in [6.45, 7) is 1.73. The fourth-order valence-electron chi connectivity index (χ4n) is 1.63. The van der Waals surface area contributed by atoms with E-state index in [1.807, 2.05) is 0 Å². The van der Waals surface area contributed by atoms with Gasteiger partial charge in [0.05, 0.1) is 15.9 Å². The smallest absolute Gasteiger partial charge is 0.195 e. The van der Waals surface area contributed by atoms with Crippen molar-refractivity contribution in [3.8, 4) is 11.3 Å². The molecule has 0 radical (unpaired) electrons. The molecule has 0 unspecified atom stereocenters. The summed E-state index contributed by atoms with van der Waals surface area (Å²) in [6, 6.07) is 2.08. The summed E-state index contributed by atoms with van der Waals surface area (Å²) in [6.07, 6.45) is 0. The minimum absolute atomic E-state index is 0.0288. The van der Waals surface area contributed by atoms with Gasteiger partial charge in [0.1, 0.15) is 0 Å². The van der Waals surface area contributed by atoms with E-state index >= 15 is 0 Å². The van der Waals surface area contributed by atoms with Gasteiger partial charge in [0, 0.05) is 12.6 Å². The molecule has 2 rings (SSSR count). The van der Waals surface area contributed by atoms with Crippen molar-refractivity contribution in [2.24, 2.45) is 7.05 Å². The molecule has 6 heteroatoms. The summed E-state index contributed by atoms with van der Waals surface area (Å²) in [7, 11) is 1.60. The average Bonchev–Trinajstić information content (AvgIpc) is 2.52. The molecule has 17 heavy (non-hydrogen) atoms. The zero-order valence-electron chi connectivity index (χ0n) is 9.06. The largest absolute Gasteiger partial charge is 0.266 e. The average molecular weight is 305 g/mol.